The van der Waals surface area contributed by atoms with Crippen molar-refractivity contribution in [1.82, 2.24) is 5.32 Å². The SMILES string of the molecule is CCSCCOC(=O)C1=C(C)NC2=C(C(=O)C[C@@H](c3ccc(OC)c(OC)c3)C2)[C@H]1c1cc(Br)c(O)c(OC)c1. The summed E-state index contributed by atoms with van der Waals surface area (Å²) in [5.74, 6) is 1.69. The molecular weight excluding hydrogens is 598 g/mol. The maximum Gasteiger partial charge on any atom is 0.336 e. The third-order valence-electron chi connectivity index (χ3n) is 7.20. The van der Waals surface area contributed by atoms with Gasteiger partial charge in [0.05, 0.1) is 31.4 Å². The number of ketones is 1. The molecule has 0 bridgehead atoms. The van der Waals surface area contributed by atoms with E-state index in [1.807, 2.05) is 32.0 Å². The number of thioether (sulfide) groups is 1. The summed E-state index contributed by atoms with van der Waals surface area (Å²) < 4.78 is 22.3. The molecule has 40 heavy (non-hydrogen) atoms. The van der Waals surface area contributed by atoms with Crippen LogP contribution in [0.5, 0.6) is 23.0 Å². The number of halogens is 1. The van der Waals surface area contributed by atoms with Gasteiger partial charge in [-0.1, -0.05) is 13.0 Å². The lowest BCUT2D eigenvalue weighted by Gasteiger charge is -2.37. The van der Waals surface area contributed by atoms with Gasteiger partial charge >= 0.3 is 5.97 Å². The van der Waals surface area contributed by atoms with Gasteiger partial charge in [-0.2, -0.15) is 11.8 Å². The number of Topliss-reactive ketones (excluding diaryl/α,β-unsaturated/α-hetero) is 1. The number of benzene rings is 2. The van der Waals surface area contributed by atoms with Crippen LogP contribution in [0, 0.1) is 0 Å². The first-order valence-corrected chi connectivity index (χ1v) is 15.0. The number of rotatable bonds is 10. The quantitative estimate of drug-likeness (QED) is 0.247. The summed E-state index contributed by atoms with van der Waals surface area (Å²) in [6, 6.07) is 9.09. The van der Waals surface area contributed by atoms with Gasteiger partial charge in [0.2, 0.25) is 0 Å². The highest BCUT2D eigenvalue weighted by molar-refractivity contribution is 9.10. The number of nitrogens with one attached hydrogen (secondary N) is 1. The summed E-state index contributed by atoms with van der Waals surface area (Å²) in [7, 11) is 4.63. The van der Waals surface area contributed by atoms with E-state index < -0.39 is 11.9 Å². The van der Waals surface area contributed by atoms with E-state index in [4.69, 9.17) is 18.9 Å². The molecule has 2 aromatic rings. The number of phenolic OH excluding ortho intramolecular Hbond substituents is 1. The minimum Gasteiger partial charge on any atom is -0.503 e. The summed E-state index contributed by atoms with van der Waals surface area (Å²) in [4.78, 5) is 27.4. The molecule has 214 valence electrons. The molecule has 10 heteroatoms. The van der Waals surface area contributed by atoms with E-state index in [1.165, 1.54) is 7.11 Å². The Bertz CT molecular complexity index is 1370. The van der Waals surface area contributed by atoms with Crippen LogP contribution in [-0.2, 0) is 14.3 Å². The van der Waals surface area contributed by atoms with Crippen molar-refractivity contribution >= 4 is 39.4 Å². The molecular formula is C30H34BrNO7S. The maximum absolute atomic E-state index is 13.9. The number of hydrogen-bond donors (Lipinski definition) is 2. The van der Waals surface area contributed by atoms with Gasteiger partial charge in [-0.15, -0.1) is 0 Å². The number of esters is 1. The largest absolute Gasteiger partial charge is 0.503 e. The Morgan fingerprint density at radius 1 is 1.05 bits per heavy atom. The number of dihydropyridines is 1. The van der Waals surface area contributed by atoms with Crippen molar-refractivity contribution in [2.24, 2.45) is 0 Å². The van der Waals surface area contributed by atoms with Crippen LogP contribution in [0.1, 0.15) is 49.7 Å². The van der Waals surface area contributed by atoms with Crippen molar-refractivity contribution < 1.29 is 33.6 Å². The molecule has 2 N–H and O–H groups in total. The summed E-state index contributed by atoms with van der Waals surface area (Å²) >= 11 is 5.09. The maximum atomic E-state index is 13.9. The number of phenols is 1. The van der Waals surface area contributed by atoms with Gasteiger partial charge in [-0.05, 0) is 76.3 Å². The minimum absolute atomic E-state index is 0.0562. The fourth-order valence-electron chi connectivity index (χ4n) is 5.32. The van der Waals surface area contributed by atoms with Gasteiger partial charge in [-0.3, -0.25) is 4.79 Å². The Balaban J connectivity index is 1.78. The number of carbonyl (C=O) groups is 2. The molecule has 0 fully saturated rings. The summed E-state index contributed by atoms with van der Waals surface area (Å²) in [6.07, 6.45) is 0.827. The highest BCUT2D eigenvalue weighted by Crippen LogP contribution is 2.48. The van der Waals surface area contributed by atoms with Crippen LogP contribution in [0.4, 0.5) is 0 Å². The zero-order valence-electron chi connectivity index (χ0n) is 23.3. The van der Waals surface area contributed by atoms with E-state index >= 15 is 0 Å². The van der Waals surface area contributed by atoms with Crippen LogP contribution < -0.4 is 19.5 Å². The normalized spacial score (nSPS) is 18.7. The molecule has 0 saturated heterocycles. The fraction of sp³-hybridized carbons (Fsp3) is 0.400. The highest BCUT2D eigenvalue weighted by Gasteiger charge is 2.42. The van der Waals surface area contributed by atoms with Crippen molar-refractivity contribution in [3.63, 3.8) is 0 Å². The second kappa shape index (κ2) is 13.0. The van der Waals surface area contributed by atoms with E-state index in [-0.39, 0.29) is 36.2 Å². The lowest BCUT2D eigenvalue weighted by atomic mass is 9.71. The predicted molar refractivity (Wildman–Crippen MR) is 158 cm³/mol. The van der Waals surface area contributed by atoms with Gasteiger partial charge in [-0.25, -0.2) is 4.79 Å². The van der Waals surface area contributed by atoms with Crippen molar-refractivity contribution in [3.8, 4) is 23.0 Å². The number of aromatic hydroxyl groups is 1. The molecule has 2 aliphatic rings. The number of ether oxygens (including phenoxy) is 4. The number of carbonyl (C=O) groups excluding carboxylic acids is 2. The average Bonchev–Trinajstić information content (AvgIpc) is 2.95. The third-order valence-corrected chi connectivity index (χ3v) is 8.66. The molecule has 0 radical (unpaired) electrons. The Morgan fingerprint density at radius 3 is 2.42 bits per heavy atom. The smallest absolute Gasteiger partial charge is 0.336 e. The first-order valence-electron chi connectivity index (χ1n) is 13.0. The van der Waals surface area contributed by atoms with Gasteiger partial charge in [0.25, 0.3) is 0 Å². The van der Waals surface area contributed by atoms with Crippen molar-refractivity contribution in [2.75, 3.05) is 39.4 Å². The van der Waals surface area contributed by atoms with E-state index in [2.05, 4.69) is 21.2 Å². The lowest BCUT2D eigenvalue weighted by molar-refractivity contribution is -0.138. The van der Waals surface area contributed by atoms with E-state index in [9.17, 15) is 14.7 Å². The van der Waals surface area contributed by atoms with Crippen LogP contribution >= 0.6 is 27.7 Å². The lowest BCUT2D eigenvalue weighted by Crippen LogP contribution is -2.36. The third kappa shape index (κ3) is 5.98. The van der Waals surface area contributed by atoms with Crippen molar-refractivity contribution in [2.45, 2.75) is 38.5 Å². The molecule has 0 aromatic heterocycles. The molecule has 4 rings (SSSR count). The van der Waals surface area contributed by atoms with E-state index in [0.29, 0.717) is 50.6 Å². The van der Waals surface area contributed by atoms with Crippen molar-refractivity contribution in [1.29, 1.82) is 0 Å². The Hall–Kier alpha value is -3.11. The molecule has 0 saturated carbocycles. The summed E-state index contributed by atoms with van der Waals surface area (Å²) in [5, 5.41) is 13.8. The van der Waals surface area contributed by atoms with Crippen LogP contribution in [0.3, 0.4) is 0 Å². The van der Waals surface area contributed by atoms with Gasteiger partial charge in [0.1, 0.15) is 6.61 Å². The van der Waals surface area contributed by atoms with Gasteiger partial charge in [0, 0.05) is 35.1 Å². The second-order valence-corrected chi connectivity index (χ2v) is 11.8. The van der Waals surface area contributed by atoms with Crippen LogP contribution in [-0.4, -0.2) is 56.3 Å². The zero-order chi connectivity index (χ0) is 29.0. The van der Waals surface area contributed by atoms with E-state index in [1.54, 1.807) is 38.1 Å². The zero-order valence-corrected chi connectivity index (χ0v) is 25.7. The second-order valence-electron chi connectivity index (χ2n) is 9.52. The standard InChI is InChI=1S/C30H34BrNO7S/c1-6-40-10-9-39-30(35)26-16(2)32-21-12-18(17-7-8-23(36-3)24(14-17)37-4)13-22(33)28(21)27(26)19-11-20(31)29(34)25(15-19)38-5/h7-8,11,14-15,18,27,32,34H,6,9-10,12-13H2,1-5H3/t18-,27-/m0/s1. The Labute approximate surface area is 247 Å². The van der Waals surface area contributed by atoms with Crippen molar-refractivity contribution in [3.05, 3.63) is 68.5 Å². The number of methoxy groups -OCH3 is 3. The molecule has 2 aromatic carbocycles. The minimum atomic E-state index is -0.688. The average molecular weight is 633 g/mol. The Kier molecular flexibility index (Phi) is 9.73. The monoisotopic (exact) mass is 631 g/mol. The molecule has 0 spiro atoms. The van der Waals surface area contributed by atoms with Crippen LogP contribution in [0.2, 0.25) is 0 Å². The highest BCUT2D eigenvalue weighted by atomic mass is 79.9. The molecule has 0 unspecified atom stereocenters. The molecule has 0 amide bonds. The molecule has 1 heterocycles. The summed E-state index contributed by atoms with van der Waals surface area (Å²) in [6.45, 7) is 4.14. The number of hydrogen-bond acceptors (Lipinski definition) is 9. The summed E-state index contributed by atoms with van der Waals surface area (Å²) in [5.41, 5.74) is 3.89. The first kappa shape index (κ1) is 29.9. The molecule has 1 aliphatic heterocycles. The van der Waals surface area contributed by atoms with Gasteiger partial charge < -0.3 is 29.4 Å². The molecule has 8 nitrogen and oxygen atoms in total. The molecule has 2 atom stereocenters. The van der Waals surface area contributed by atoms with E-state index in [0.717, 1.165) is 17.0 Å². The predicted octanol–water partition coefficient (Wildman–Crippen LogP) is 5.84. The fourth-order valence-corrected chi connectivity index (χ4v) is 6.27. The molecule has 1 aliphatic carbocycles. The number of allylic oxidation sites excluding steroid dienone is 3. The Morgan fingerprint density at radius 2 is 1.75 bits per heavy atom. The topological polar surface area (TPSA) is 103 Å². The van der Waals surface area contributed by atoms with Crippen LogP contribution in [0.25, 0.3) is 0 Å². The first-order chi connectivity index (χ1) is 19.2. The van der Waals surface area contributed by atoms with Crippen LogP contribution in [0.15, 0.2) is 57.3 Å². The van der Waals surface area contributed by atoms with Gasteiger partial charge in [0.15, 0.2) is 28.8 Å².